The predicted octanol–water partition coefficient (Wildman–Crippen LogP) is 3.29. The highest BCUT2D eigenvalue weighted by Crippen LogP contribution is 2.18. The summed E-state index contributed by atoms with van der Waals surface area (Å²) in [6.07, 6.45) is 5.36. The maximum atomic E-state index is 12.1. The maximum Gasteiger partial charge on any atom is 0.262 e. The number of aryl methyl sites for hydroxylation is 1. The van der Waals surface area contributed by atoms with Gasteiger partial charge in [-0.25, -0.2) is 4.98 Å². The van der Waals surface area contributed by atoms with E-state index in [-0.39, 0.29) is 12.5 Å². The average Bonchev–Trinajstić information content (AvgIpc) is 3.14. The first-order valence-electron chi connectivity index (χ1n) is 8.37. The van der Waals surface area contributed by atoms with Gasteiger partial charge in [-0.1, -0.05) is 18.2 Å². The maximum absolute atomic E-state index is 12.1. The molecule has 26 heavy (non-hydrogen) atoms. The average molecular weight is 351 g/mol. The summed E-state index contributed by atoms with van der Waals surface area (Å²) in [5.74, 6) is 1.15. The number of amides is 1. The van der Waals surface area contributed by atoms with Gasteiger partial charge >= 0.3 is 0 Å². The van der Waals surface area contributed by atoms with Gasteiger partial charge in [0.2, 0.25) is 0 Å². The van der Waals surface area contributed by atoms with Crippen molar-refractivity contribution in [3.63, 3.8) is 0 Å². The molecule has 0 aliphatic heterocycles. The number of imidazole rings is 1. The van der Waals surface area contributed by atoms with Crippen molar-refractivity contribution in [3.8, 4) is 11.5 Å². The van der Waals surface area contributed by atoms with Crippen LogP contribution >= 0.6 is 0 Å². The molecule has 0 saturated carbocycles. The Labute approximate surface area is 152 Å². The zero-order valence-corrected chi connectivity index (χ0v) is 14.6. The first-order valence-corrected chi connectivity index (χ1v) is 8.37. The molecular formula is C20H21N3O3. The molecule has 0 aliphatic carbocycles. The number of nitrogens with one attached hydrogen (secondary N) is 1. The fourth-order valence-electron chi connectivity index (χ4n) is 2.40. The summed E-state index contributed by atoms with van der Waals surface area (Å²) >= 11 is 0. The van der Waals surface area contributed by atoms with Crippen molar-refractivity contribution in [1.82, 2.24) is 9.55 Å². The van der Waals surface area contributed by atoms with Crippen LogP contribution in [0.3, 0.4) is 0 Å². The molecule has 134 valence electrons. The third-order valence-corrected chi connectivity index (χ3v) is 3.65. The van der Waals surface area contributed by atoms with Crippen LogP contribution in [-0.4, -0.2) is 28.7 Å². The molecule has 0 atom stereocenters. The molecule has 6 heteroatoms. The summed E-state index contributed by atoms with van der Waals surface area (Å²) in [5.41, 5.74) is 1.76. The summed E-state index contributed by atoms with van der Waals surface area (Å²) in [7, 11) is 0. The molecule has 1 amide bonds. The number of carbonyl (C=O) groups is 1. The van der Waals surface area contributed by atoms with Gasteiger partial charge in [0.15, 0.2) is 6.61 Å². The number of carbonyl (C=O) groups excluding carboxylic acids is 1. The van der Waals surface area contributed by atoms with Gasteiger partial charge in [0.25, 0.3) is 5.91 Å². The lowest BCUT2D eigenvalue weighted by Gasteiger charge is -2.10. The molecule has 3 aromatic rings. The number of hydrogen-bond acceptors (Lipinski definition) is 4. The quantitative estimate of drug-likeness (QED) is 0.676. The van der Waals surface area contributed by atoms with E-state index < -0.39 is 0 Å². The van der Waals surface area contributed by atoms with Gasteiger partial charge in [0, 0.05) is 24.1 Å². The van der Waals surface area contributed by atoms with Gasteiger partial charge in [-0.05, 0) is 36.8 Å². The highest BCUT2D eigenvalue weighted by molar-refractivity contribution is 5.92. The molecule has 0 saturated heterocycles. The summed E-state index contributed by atoms with van der Waals surface area (Å²) in [6.45, 7) is 3.16. The van der Waals surface area contributed by atoms with E-state index in [1.807, 2.05) is 60.2 Å². The molecule has 0 unspecified atom stereocenters. The second kappa shape index (κ2) is 8.71. The molecular weight excluding hydrogens is 330 g/mol. The Bertz CT molecular complexity index is 847. The molecule has 1 heterocycles. The van der Waals surface area contributed by atoms with Crippen molar-refractivity contribution in [3.05, 3.63) is 72.8 Å². The summed E-state index contributed by atoms with van der Waals surface area (Å²) < 4.78 is 13.2. The standard InChI is InChI=1S/C20H21N3O3/c1-16-4-2-6-18(12-16)26-14-20(24)22-17-5-3-7-19(13-17)25-11-10-23-9-8-21-15-23/h2-9,12-13,15H,10-11,14H2,1H3,(H,22,24). The molecule has 0 aliphatic rings. The normalized spacial score (nSPS) is 10.3. The van der Waals surface area contributed by atoms with Crippen LogP contribution in [0.5, 0.6) is 11.5 Å². The predicted molar refractivity (Wildman–Crippen MR) is 99.5 cm³/mol. The third kappa shape index (κ3) is 5.37. The van der Waals surface area contributed by atoms with E-state index in [2.05, 4.69) is 10.3 Å². The van der Waals surface area contributed by atoms with Crippen LogP contribution in [0.2, 0.25) is 0 Å². The molecule has 1 N–H and O–H groups in total. The molecule has 0 fully saturated rings. The fourth-order valence-corrected chi connectivity index (χ4v) is 2.40. The van der Waals surface area contributed by atoms with Gasteiger partial charge in [-0.2, -0.15) is 0 Å². The molecule has 3 rings (SSSR count). The Kier molecular flexibility index (Phi) is 5.88. The summed E-state index contributed by atoms with van der Waals surface area (Å²) in [6, 6.07) is 14.9. The van der Waals surface area contributed by atoms with Crippen molar-refractivity contribution in [2.75, 3.05) is 18.5 Å². The van der Waals surface area contributed by atoms with Gasteiger partial charge in [-0.15, -0.1) is 0 Å². The van der Waals surface area contributed by atoms with Crippen molar-refractivity contribution in [1.29, 1.82) is 0 Å². The fraction of sp³-hybridized carbons (Fsp3) is 0.200. The van der Waals surface area contributed by atoms with Crippen LogP contribution in [0.1, 0.15) is 5.56 Å². The van der Waals surface area contributed by atoms with E-state index in [0.717, 1.165) is 5.56 Å². The first kappa shape index (κ1) is 17.5. The molecule has 2 aromatic carbocycles. The Morgan fingerprint density at radius 1 is 1.12 bits per heavy atom. The minimum absolute atomic E-state index is 0.0465. The Balaban J connectivity index is 1.47. The van der Waals surface area contributed by atoms with E-state index in [1.165, 1.54) is 0 Å². The number of hydrogen-bond donors (Lipinski definition) is 1. The smallest absolute Gasteiger partial charge is 0.262 e. The van der Waals surface area contributed by atoms with E-state index in [4.69, 9.17) is 9.47 Å². The summed E-state index contributed by atoms with van der Waals surface area (Å²) in [5, 5.41) is 2.81. The lowest BCUT2D eigenvalue weighted by molar-refractivity contribution is -0.118. The monoisotopic (exact) mass is 351 g/mol. The topological polar surface area (TPSA) is 65.4 Å². The lowest BCUT2D eigenvalue weighted by atomic mass is 10.2. The zero-order valence-electron chi connectivity index (χ0n) is 14.6. The second-order valence-electron chi connectivity index (χ2n) is 5.83. The molecule has 0 spiro atoms. The van der Waals surface area contributed by atoms with Gasteiger partial charge < -0.3 is 19.4 Å². The Hall–Kier alpha value is -3.28. The number of nitrogens with zero attached hydrogens (tertiary/aromatic N) is 2. The number of anilines is 1. The highest BCUT2D eigenvalue weighted by atomic mass is 16.5. The van der Waals surface area contributed by atoms with E-state index >= 15 is 0 Å². The number of rotatable bonds is 8. The molecule has 1 aromatic heterocycles. The number of aromatic nitrogens is 2. The molecule has 6 nitrogen and oxygen atoms in total. The summed E-state index contributed by atoms with van der Waals surface area (Å²) in [4.78, 5) is 16.1. The van der Waals surface area contributed by atoms with Crippen molar-refractivity contribution in [2.24, 2.45) is 0 Å². The Morgan fingerprint density at radius 2 is 1.92 bits per heavy atom. The van der Waals surface area contributed by atoms with E-state index in [1.54, 1.807) is 18.6 Å². The lowest BCUT2D eigenvalue weighted by Crippen LogP contribution is -2.20. The van der Waals surface area contributed by atoms with Crippen LogP contribution in [0.4, 0.5) is 5.69 Å². The third-order valence-electron chi connectivity index (χ3n) is 3.65. The van der Waals surface area contributed by atoms with Gasteiger partial charge in [0.1, 0.15) is 18.1 Å². The number of benzene rings is 2. The minimum atomic E-state index is -0.220. The highest BCUT2D eigenvalue weighted by Gasteiger charge is 2.05. The van der Waals surface area contributed by atoms with Gasteiger partial charge in [-0.3, -0.25) is 4.79 Å². The number of ether oxygens (including phenoxy) is 2. The Morgan fingerprint density at radius 3 is 2.69 bits per heavy atom. The van der Waals surface area contributed by atoms with E-state index in [9.17, 15) is 4.79 Å². The minimum Gasteiger partial charge on any atom is -0.492 e. The molecule has 0 radical (unpaired) electrons. The van der Waals surface area contributed by atoms with Crippen molar-refractivity contribution >= 4 is 11.6 Å². The van der Waals surface area contributed by atoms with Gasteiger partial charge in [0.05, 0.1) is 12.9 Å². The largest absolute Gasteiger partial charge is 0.492 e. The van der Waals surface area contributed by atoms with Crippen LogP contribution in [-0.2, 0) is 11.3 Å². The van der Waals surface area contributed by atoms with Crippen molar-refractivity contribution < 1.29 is 14.3 Å². The molecule has 0 bridgehead atoms. The van der Waals surface area contributed by atoms with E-state index in [0.29, 0.717) is 30.3 Å². The van der Waals surface area contributed by atoms with Crippen molar-refractivity contribution in [2.45, 2.75) is 13.5 Å². The second-order valence-corrected chi connectivity index (χ2v) is 5.83. The first-order chi connectivity index (χ1) is 12.7. The zero-order chi connectivity index (χ0) is 18.2. The van der Waals surface area contributed by atoms with Crippen LogP contribution < -0.4 is 14.8 Å². The van der Waals surface area contributed by atoms with Crippen LogP contribution in [0, 0.1) is 6.92 Å². The van der Waals surface area contributed by atoms with Crippen LogP contribution in [0.15, 0.2) is 67.3 Å². The van der Waals surface area contributed by atoms with Crippen LogP contribution in [0.25, 0.3) is 0 Å². The SMILES string of the molecule is Cc1cccc(OCC(=O)Nc2cccc(OCCn3ccnc3)c2)c1.